The fourth-order valence-electron chi connectivity index (χ4n) is 1.80. The molecule has 0 saturated carbocycles. The van der Waals surface area contributed by atoms with Crippen molar-refractivity contribution in [2.45, 2.75) is 0 Å². The van der Waals surface area contributed by atoms with Gasteiger partial charge in [-0.25, -0.2) is 4.98 Å². The Morgan fingerprint density at radius 3 is 2.95 bits per heavy atom. The summed E-state index contributed by atoms with van der Waals surface area (Å²) in [6.45, 7) is 5.65. The maximum absolute atomic E-state index is 5.78. The Kier molecular flexibility index (Phi) is 6.78. The highest BCUT2D eigenvalue weighted by atomic mass is 35.5. The summed E-state index contributed by atoms with van der Waals surface area (Å²) in [6.07, 6.45) is 0. The summed E-state index contributed by atoms with van der Waals surface area (Å²) < 4.78 is 10.8. The molecule has 106 valence electrons. The molecule has 1 saturated heterocycles. The highest BCUT2D eigenvalue weighted by Crippen LogP contribution is 2.12. The molecule has 1 aliphatic rings. The molecule has 6 heteroatoms. The number of ether oxygens (including phenoxy) is 2. The number of aromatic nitrogens is 1. The van der Waals surface area contributed by atoms with Crippen LogP contribution in [0.15, 0.2) is 18.2 Å². The summed E-state index contributed by atoms with van der Waals surface area (Å²) in [5, 5.41) is 0.470. The molecule has 0 N–H and O–H groups in total. The fourth-order valence-corrected chi connectivity index (χ4v) is 2.74. The van der Waals surface area contributed by atoms with Crippen LogP contribution in [-0.2, 0) is 4.74 Å². The lowest BCUT2D eigenvalue weighted by Crippen LogP contribution is -2.37. The lowest BCUT2D eigenvalue weighted by atomic mass is 10.4. The van der Waals surface area contributed by atoms with Gasteiger partial charge in [0.25, 0.3) is 0 Å². The molecule has 1 fully saturated rings. The van der Waals surface area contributed by atoms with Gasteiger partial charge in [-0.3, -0.25) is 4.90 Å². The molecule has 0 bridgehead atoms. The van der Waals surface area contributed by atoms with Crippen molar-refractivity contribution in [3.63, 3.8) is 0 Å². The van der Waals surface area contributed by atoms with E-state index in [1.54, 1.807) is 6.07 Å². The number of pyridine rings is 1. The van der Waals surface area contributed by atoms with Crippen LogP contribution in [0.5, 0.6) is 5.88 Å². The van der Waals surface area contributed by atoms with Gasteiger partial charge in [-0.2, -0.15) is 11.8 Å². The second-order valence-electron chi connectivity index (χ2n) is 4.21. The molecule has 0 amide bonds. The first-order chi connectivity index (χ1) is 9.34. The minimum Gasteiger partial charge on any atom is -0.477 e. The molecular weight excluding hydrogens is 284 g/mol. The van der Waals surface area contributed by atoms with Crippen molar-refractivity contribution < 1.29 is 9.47 Å². The zero-order valence-electron chi connectivity index (χ0n) is 10.9. The summed E-state index contributed by atoms with van der Waals surface area (Å²) >= 11 is 7.68. The van der Waals surface area contributed by atoms with Gasteiger partial charge in [0.2, 0.25) is 5.88 Å². The fraction of sp³-hybridized carbons (Fsp3) is 0.615. The topological polar surface area (TPSA) is 34.6 Å². The van der Waals surface area contributed by atoms with Gasteiger partial charge in [0.1, 0.15) is 5.15 Å². The maximum Gasteiger partial charge on any atom is 0.214 e. The highest BCUT2D eigenvalue weighted by Gasteiger charge is 2.09. The van der Waals surface area contributed by atoms with Gasteiger partial charge >= 0.3 is 0 Å². The van der Waals surface area contributed by atoms with E-state index in [4.69, 9.17) is 21.1 Å². The monoisotopic (exact) mass is 302 g/mol. The van der Waals surface area contributed by atoms with Gasteiger partial charge in [0.05, 0.1) is 19.8 Å². The third-order valence-electron chi connectivity index (χ3n) is 2.82. The molecule has 2 heterocycles. The Labute approximate surface area is 123 Å². The van der Waals surface area contributed by atoms with Crippen LogP contribution in [0.4, 0.5) is 0 Å². The SMILES string of the molecule is Clc1cccc(OCCSCCN2CCOCC2)n1. The van der Waals surface area contributed by atoms with Gasteiger partial charge in [0, 0.05) is 37.2 Å². The Bertz CT molecular complexity index is 375. The molecule has 0 radical (unpaired) electrons. The van der Waals surface area contributed by atoms with Gasteiger partial charge in [-0.1, -0.05) is 17.7 Å². The van der Waals surface area contributed by atoms with Crippen LogP contribution >= 0.6 is 23.4 Å². The van der Waals surface area contributed by atoms with Crippen molar-refractivity contribution in [1.29, 1.82) is 0 Å². The van der Waals surface area contributed by atoms with Crippen LogP contribution in [0.25, 0.3) is 0 Å². The van der Waals surface area contributed by atoms with E-state index >= 15 is 0 Å². The van der Waals surface area contributed by atoms with E-state index in [1.807, 2.05) is 23.9 Å². The lowest BCUT2D eigenvalue weighted by molar-refractivity contribution is 0.0410. The molecule has 4 nitrogen and oxygen atoms in total. The average Bonchev–Trinajstić information content (AvgIpc) is 2.44. The number of hydrogen-bond donors (Lipinski definition) is 0. The molecule has 0 atom stereocenters. The summed E-state index contributed by atoms with van der Waals surface area (Å²) in [7, 11) is 0. The number of rotatable bonds is 7. The van der Waals surface area contributed by atoms with E-state index in [1.165, 1.54) is 0 Å². The Hall–Kier alpha value is -0.490. The number of halogens is 1. The Morgan fingerprint density at radius 1 is 1.32 bits per heavy atom. The van der Waals surface area contributed by atoms with Crippen molar-refractivity contribution in [1.82, 2.24) is 9.88 Å². The molecule has 0 aliphatic carbocycles. The number of nitrogens with zero attached hydrogens (tertiary/aromatic N) is 2. The Balaban J connectivity index is 1.50. The van der Waals surface area contributed by atoms with E-state index in [9.17, 15) is 0 Å². The van der Waals surface area contributed by atoms with Crippen molar-refractivity contribution in [2.75, 3.05) is 51.0 Å². The van der Waals surface area contributed by atoms with E-state index in [2.05, 4.69) is 9.88 Å². The predicted molar refractivity (Wildman–Crippen MR) is 79.3 cm³/mol. The highest BCUT2D eigenvalue weighted by molar-refractivity contribution is 7.99. The average molecular weight is 303 g/mol. The van der Waals surface area contributed by atoms with Crippen molar-refractivity contribution in [3.05, 3.63) is 23.4 Å². The van der Waals surface area contributed by atoms with Crippen molar-refractivity contribution in [2.24, 2.45) is 0 Å². The second-order valence-corrected chi connectivity index (χ2v) is 5.83. The van der Waals surface area contributed by atoms with Gasteiger partial charge in [-0.05, 0) is 6.07 Å². The largest absolute Gasteiger partial charge is 0.477 e. The van der Waals surface area contributed by atoms with Crippen LogP contribution in [0.1, 0.15) is 0 Å². The predicted octanol–water partition coefficient (Wildman–Crippen LogP) is 2.18. The van der Waals surface area contributed by atoms with E-state index in [0.29, 0.717) is 17.6 Å². The van der Waals surface area contributed by atoms with E-state index in [0.717, 1.165) is 44.4 Å². The maximum atomic E-state index is 5.78. The molecule has 1 aromatic rings. The third kappa shape index (κ3) is 5.99. The molecule has 1 aromatic heterocycles. The zero-order chi connectivity index (χ0) is 13.3. The second kappa shape index (κ2) is 8.64. The van der Waals surface area contributed by atoms with Crippen molar-refractivity contribution >= 4 is 23.4 Å². The molecule has 0 aromatic carbocycles. The Morgan fingerprint density at radius 2 is 2.16 bits per heavy atom. The zero-order valence-corrected chi connectivity index (χ0v) is 12.5. The summed E-state index contributed by atoms with van der Waals surface area (Å²) in [5.74, 6) is 2.70. The van der Waals surface area contributed by atoms with Crippen LogP contribution in [0.3, 0.4) is 0 Å². The first-order valence-electron chi connectivity index (χ1n) is 6.48. The first kappa shape index (κ1) is 14.9. The van der Waals surface area contributed by atoms with Gasteiger partial charge < -0.3 is 9.47 Å². The number of hydrogen-bond acceptors (Lipinski definition) is 5. The van der Waals surface area contributed by atoms with Crippen LogP contribution in [0, 0.1) is 0 Å². The first-order valence-corrected chi connectivity index (χ1v) is 8.01. The molecular formula is C13H19ClN2O2S. The molecule has 2 rings (SSSR count). The number of thioether (sulfide) groups is 1. The smallest absolute Gasteiger partial charge is 0.214 e. The van der Waals surface area contributed by atoms with Crippen LogP contribution in [0.2, 0.25) is 5.15 Å². The minimum atomic E-state index is 0.470. The summed E-state index contributed by atoms with van der Waals surface area (Å²) in [4.78, 5) is 6.52. The normalized spacial score (nSPS) is 16.5. The van der Waals surface area contributed by atoms with Crippen LogP contribution < -0.4 is 4.74 Å². The quantitative estimate of drug-likeness (QED) is 0.570. The standard InChI is InChI=1S/C13H19ClN2O2S/c14-12-2-1-3-13(15-12)18-9-11-19-10-6-16-4-7-17-8-5-16/h1-3H,4-11H2. The minimum absolute atomic E-state index is 0.470. The summed E-state index contributed by atoms with van der Waals surface area (Å²) in [6, 6.07) is 5.41. The van der Waals surface area contributed by atoms with E-state index in [-0.39, 0.29) is 0 Å². The van der Waals surface area contributed by atoms with E-state index < -0.39 is 0 Å². The molecule has 1 aliphatic heterocycles. The third-order valence-corrected chi connectivity index (χ3v) is 3.96. The van der Waals surface area contributed by atoms with Crippen LogP contribution in [-0.4, -0.2) is 60.8 Å². The van der Waals surface area contributed by atoms with Gasteiger partial charge in [-0.15, -0.1) is 0 Å². The van der Waals surface area contributed by atoms with Gasteiger partial charge in [0.15, 0.2) is 0 Å². The van der Waals surface area contributed by atoms with Crippen molar-refractivity contribution in [3.8, 4) is 5.88 Å². The number of morpholine rings is 1. The molecule has 19 heavy (non-hydrogen) atoms. The summed E-state index contributed by atoms with van der Waals surface area (Å²) in [5.41, 5.74) is 0. The molecule has 0 unspecified atom stereocenters. The lowest BCUT2D eigenvalue weighted by Gasteiger charge is -2.26. The molecule has 0 spiro atoms.